The largest absolute Gasteiger partial charge is 0.495 e. The molecule has 0 spiro atoms. The van der Waals surface area contributed by atoms with Crippen LogP contribution < -0.4 is 67.2 Å². The highest BCUT2D eigenvalue weighted by Crippen LogP contribution is 2.28. The number of rotatable bonds is 13. The molecule has 0 saturated carbocycles. The first-order chi connectivity index (χ1) is 48.8. The zero-order valence-corrected chi connectivity index (χ0v) is 58.1. The average molecular weight is 1400 g/mol. The molecular weight excluding hydrogens is 1310 g/mol. The Hall–Kier alpha value is -10.1. The van der Waals surface area contributed by atoms with Gasteiger partial charge in [-0.3, -0.25) is 67.5 Å². The quantitative estimate of drug-likeness (QED) is 0.0659. The lowest BCUT2D eigenvalue weighted by atomic mass is 10.0. The fourth-order valence-corrected chi connectivity index (χ4v) is 11.9. The Bertz CT molecular complexity index is 3500. The highest BCUT2D eigenvalue weighted by Gasteiger charge is 2.33. The van der Waals surface area contributed by atoms with Crippen molar-refractivity contribution >= 4 is 70.8 Å². The number of hydrogen-bond donors (Lipinski definition) is 9. The molecule has 101 heavy (non-hydrogen) atoms. The van der Waals surface area contributed by atoms with Gasteiger partial charge in [0.2, 0.25) is 0 Å². The van der Waals surface area contributed by atoms with Crippen molar-refractivity contribution in [2.24, 2.45) is 5.73 Å². The number of methoxy groups -OCH3 is 4. The van der Waals surface area contributed by atoms with Gasteiger partial charge in [-0.15, -0.1) is 5.06 Å². The van der Waals surface area contributed by atoms with Crippen LogP contribution in [0.15, 0.2) is 72.8 Å². The number of hydrogen-bond acceptors (Lipinski definition) is 22. The topological polar surface area (TPSA) is 389 Å². The molecule has 31 nitrogen and oxygen atoms in total. The Kier molecular flexibility index (Phi) is 31.2. The van der Waals surface area contributed by atoms with Gasteiger partial charge in [-0.2, -0.15) is 0 Å². The van der Waals surface area contributed by atoms with Crippen molar-refractivity contribution < 1.29 is 81.3 Å². The van der Waals surface area contributed by atoms with Crippen molar-refractivity contribution in [1.29, 1.82) is 0 Å². The molecule has 546 valence electrons. The third-order valence-electron chi connectivity index (χ3n) is 17.2. The third-order valence-corrected chi connectivity index (χ3v) is 17.2. The number of hydroxylamine groups is 2. The average Bonchev–Trinajstić information content (AvgIpc) is 1.36. The van der Waals surface area contributed by atoms with Crippen LogP contribution in [-0.2, 0) is 24.0 Å². The molecule has 0 aliphatic carbocycles. The van der Waals surface area contributed by atoms with Crippen molar-refractivity contribution in [3.8, 4) is 23.0 Å². The van der Waals surface area contributed by atoms with E-state index in [4.69, 9.17) is 24.7 Å². The number of ether oxygens (including phenoxy) is 4. The number of nitrogens with two attached hydrogens (primary N) is 1. The predicted octanol–water partition coefficient (Wildman–Crippen LogP) is 0.759. The Morgan fingerprint density at radius 1 is 0.396 bits per heavy atom. The van der Waals surface area contributed by atoms with E-state index in [-0.39, 0.29) is 197 Å². The number of para-hydroxylation sites is 4. The molecule has 10 amide bonds. The summed E-state index contributed by atoms with van der Waals surface area (Å²) in [7, 11) is 5.58. The number of fused-ring (bicyclic) bond motifs is 16. The van der Waals surface area contributed by atoms with Gasteiger partial charge in [0, 0.05) is 156 Å². The molecule has 4 aromatic carbocycles. The molecule has 3 atom stereocenters. The van der Waals surface area contributed by atoms with Crippen LogP contribution in [0.3, 0.4) is 0 Å². The van der Waals surface area contributed by atoms with E-state index in [2.05, 4.69) is 52.3 Å². The molecule has 5 aliphatic rings. The van der Waals surface area contributed by atoms with Gasteiger partial charge in [0.15, 0.2) is 0 Å². The Balaban J connectivity index is 0.000000786. The molecule has 0 radical (unpaired) electrons. The highest BCUT2D eigenvalue weighted by atomic mass is 16.7. The Morgan fingerprint density at radius 2 is 0.683 bits per heavy atom. The number of amides is 10. The van der Waals surface area contributed by atoms with E-state index in [1.54, 1.807) is 72.8 Å². The number of Topliss-reactive ketones (excluding diaryl/α,β-unsaturated/α-hetero) is 1. The SMILES string of the molecule is CC(=O)CCCC(=O)ON1C(=O)CCC1=O.COc1c2cccc1C(=O)NCCN1CCNC(=O)c3cccc(c3OC)C(=O)NCCN(CCNC2=O)CCN2CCNC(=O)c3cccc(c3OC)C(=O)NCCN(CC1)CC(CCCCN)NC(=O)c1cccc(c1OC)C(=O)NCC2. The molecule has 5 heterocycles. The van der Waals surface area contributed by atoms with Crippen molar-refractivity contribution in [3.05, 3.63) is 117 Å². The first-order valence-electron chi connectivity index (χ1n) is 33.9. The standard InChI is InChI=1S/C60H81N13O12.C10H13NO5/c1-82-49-41-12-7-14-43(49)56(77)65-25-32-72-33-26-66-57(78)44-15-8-13-42(50(44)83-2)54(75)63-22-29-70(28-21-62-53(41)74)35-36-71-30-23-64-55(76)45-16-9-17-46(51(45)84-3)58(79)68-27-34-73(38-37-72)39-40(11-5-6-20-61)69-60(81)48-19-10-18-47(52(48)85-4)59(80)67-24-31-71;1-7(12)3-2-4-10(15)16-11-8(13)5-6-9(11)14/h7-10,12-19,40H,5-6,11,20-39,61H2,1-4H3,(H,62,74)(H,63,75)(H,64,76)(H,65,77)(H,66,78)(H,67,80)(H,68,79)(H,69,81);2-6H2,1H3. The molecule has 10 N–H and O–H groups in total. The zero-order valence-electron chi connectivity index (χ0n) is 58.1. The van der Waals surface area contributed by atoms with Gasteiger partial charge in [0.25, 0.3) is 59.1 Å². The summed E-state index contributed by atoms with van der Waals surface area (Å²) in [5.41, 5.74) is 7.16. The van der Waals surface area contributed by atoms with Crippen LogP contribution in [0, 0.1) is 0 Å². The van der Waals surface area contributed by atoms with Crippen LogP contribution in [0.5, 0.6) is 23.0 Å². The smallest absolute Gasteiger partial charge is 0.333 e. The monoisotopic (exact) mass is 1400 g/mol. The van der Waals surface area contributed by atoms with Gasteiger partial charge >= 0.3 is 5.97 Å². The second-order valence-electron chi connectivity index (χ2n) is 24.2. The van der Waals surface area contributed by atoms with Gasteiger partial charge in [-0.05, 0) is 81.3 Å². The molecule has 4 aromatic rings. The normalized spacial score (nSPS) is 20.6. The lowest BCUT2D eigenvalue weighted by Gasteiger charge is -2.31. The Morgan fingerprint density at radius 3 is 0.970 bits per heavy atom. The highest BCUT2D eigenvalue weighted by molar-refractivity contribution is 6.07. The van der Waals surface area contributed by atoms with Gasteiger partial charge in [0.1, 0.15) is 28.8 Å². The summed E-state index contributed by atoms with van der Waals surface area (Å²) in [5, 5.41) is 24.7. The van der Waals surface area contributed by atoms with Crippen LogP contribution in [0.25, 0.3) is 0 Å². The number of carbonyl (C=O) groups excluding carboxylic acids is 12. The summed E-state index contributed by atoms with van der Waals surface area (Å²) in [6.07, 6.45) is 2.69. The van der Waals surface area contributed by atoms with Crippen LogP contribution in [0.2, 0.25) is 0 Å². The molecular formula is C70H94N14O17. The van der Waals surface area contributed by atoms with Crippen LogP contribution in [-0.4, -0.2) is 261 Å². The molecule has 0 aromatic heterocycles. The van der Waals surface area contributed by atoms with Crippen molar-refractivity contribution in [1.82, 2.24) is 67.2 Å². The van der Waals surface area contributed by atoms with E-state index < -0.39 is 71.1 Å². The number of imide groups is 1. The number of ketones is 1. The van der Waals surface area contributed by atoms with E-state index in [1.807, 2.05) is 14.7 Å². The summed E-state index contributed by atoms with van der Waals surface area (Å²) in [5.74, 6) is -5.11. The van der Waals surface area contributed by atoms with Gasteiger partial charge in [0.05, 0.1) is 72.9 Å². The second kappa shape index (κ2) is 40.2. The first-order valence-corrected chi connectivity index (χ1v) is 33.9. The van der Waals surface area contributed by atoms with Crippen molar-refractivity contribution in [3.63, 3.8) is 0 Å². The minimum Gasteiger partial charge on any atom is -0.495 e. The van der Waals surface area contributed by atoms with E-state index in [0.717, 1.165) is 0 Å². The molecule has 1 fully saturated rings. The summed E-state index contributed by atoms with van der Waals surface area (Å²) >= 11 is 0. The van der Waals surface area contributed by atoms with E-state index in [1.165, 1.54) is 35.4 Å². The first kappa shape index (κ1) is 78.3. The number of nitrogens with one attached hydrogen (secondary N) is 8. The minimum atomic E-state index is -0.662. The van der Waals surface area contributed by atoms with Crippen molar-refractivity contribution in [2.45, 2.75) is 64.3 Å². The summed E-state index contributed by atoms with van der Waals surface area (Å²) in [4.78, 5) is 170. The maximum Gasteiger partial charge on any atom is 0.333 e. The summed E-state index contributed by atoms with van der Waals surface area (Å²) in [6.45, 7) is 6.28. The molecule has 31 heteroatoms. The summed E-state index contributed by atoms with van der Waals surface area (Å²) in [6, 6.07) is 18.6. The van der Waals surface area contributed by atoms with E-state index >= 15 is 0 Å². The molecule has 12 bridgehead atoms. The van der Waals surface area contributed by atoms with Crippen LogP contribution >= 0.6 is 0 Å². The maximum atomic E-state index is 14.6. The molecule has 1 saturated heterocycles. The molecule has 9 rings (SSSR count). The van der Waals surface area contributed by atoms with Crippen LogP contribution in [0.1, 0.15) is 141 Å². The van der Waals surface area contributed by atoms with Gasteiger partial charge < -0.3 is 76.8 Å². The minimum absolute atomic E-state index is 0.0128. The maximum absolute atomic E-state index is 14.6. The Labute approximate surface area is 586 Å². The third kappa shape index (κ3) is 23.0. The van der Waals surface area contributed by atoms with Crippen molar-refractivity contribution in [2.75, 3.05) is 159 Å². The van der Waals surface area contributed by atoms with Crippen LogP contribution in [0.4, 0.5) is 0 Å². The predicted molar refractivity (Wildman–Crippen MR) is 370 cm³/mol. The van der Waals surface area contributed by atoms with E-state index in [9.17, 15) is 57.5 Å². The lowest BCUT2D eigenvalue weighted by Crippen LogP contribution is -2.49. The number of unbranched alkanes of at least 4 members (excludes halogenated alkanes) is 1. The van der Waals surface area contributed by atoms with Gasteiger partial charge in [-0.25, -0.2) is 4.79 Å². The van der Waals surface area contributed by atoms with Gasteiger partial charge in [-0.1, -0.05) is 30.7 Å². The zero-order chi connectivity index (χ0) is 72.8. The second-order valence-corrected chi connectivity index (χ2v) is 24.2. The molecule has 5 aliphatic heterocycles. The fourth-order valence-electron chi connectivity index (χ4n) is 11.9. The van der Waals surface area contributed by atoms with E-state index in [0.29, 0.717) is 63.5 Å². The summed E-state index contributed by atoms with van der Waals surface area (Å²) < 4.78 is 23.0. The number of carbonyl (C=O) groups is 12. The number of nitrogens with zero attached hydrogens (tertiary/aromatic N) is 5. The fraction of sp³-hybridized carbons (Fsp3) is 0.486. The lowest BCUT2D eigenvalue weighted by molar-refractivity contribution is -0.197. The number of benzene rings is 4. The molecule has 3 unspecified atom stereocenters.